The van der Waals surface area contributed by atoms with Gasteiger partial charge in [-0.15, -0.1) is 0 Å². The van der Waals surface area contributed by atoms with Crippen LogP contribution in [0.5, 0.6) is 0 Å². The molecule has 2 aliphatic rings. The van der Waals surface area contributed by atoms with E-state index >= 15 is 0 Å². The molecule has 2 saturated carbocycles. The lowest BCUT2D eigenvalue weighted by atomic mass is 10.1. The third-order valence-electron chi connectivity index (χ3n) is 3.05. The second-order valence-electron chi connectivity index (χ2n) is 3.92. The summed E-state index contributed by atoms with van der Waals surface area (Å²) in [6.45, 7) is 0. The molecule has 0 aliphatic heterocycles. The van der Waals surface area contributed by atoms with Crippen LogP contribution in [0.2, 0.25) is 0 Å². The van der Waals surface area contributed by atoms with Gasteiger partial charge in [-0.3, -0.25) is 0 Å². The Morgan fingerprint density at radius 3 is 2.58 bits per heavy atom. The first-order chi connectivity index (χ1) is 5.83. The second-order valence-corrected chi connectivity index (χ2v) is 4.70. The Labute approximate surface area is 75.2 Å². The van der Waals surface area contributed by atoms with Crippen molar-refractivity contribution in [3.63, 3.8) is 0 Å². The molecule has 0 spiro atoms. The van der Waals surface area contributed by atoms with Crippen molar-refractivity contribution < 1.29 is 0 Å². The number of hydrogen-bond donors (Lipinski definition) is 1. The maximum absolute atomic E-state index is 5.48. The highest BCUT2D eigenvalue weighted by atomic mass is 32.1. The Hall–Kier alpha value is -0.640. The average molecular weight is 181 g/mol. The maximum atomic E-state index is 5.48. The van der Waals surface area contributed by atoms with Crippen molar-refractivity contribution in [1.29, 1.82) is 0 Å². The molecule has 2 aliphatic carbocycles. The summed E-state index contributed by atoms with van der Waals surface area (Å²) in [6.07, 6.45) is 4.13. The van der Waals surface area contributed by atoms with Gasteiger partial charge in [-0.05, 0) is 42.6 Å². The Morgan fingerprint density at radius 1 is 1.25 bits per heavy atom. The van der Waals surface area contributed by atoms with Gasteiger partial charge in [0, 0.05) is 5.92 Å². The van der Waals surface area contributed by atoms with Crippen LogP contribution in [0.25, 0.3) is 0 Å². The fourth-order valence-electron chi connectivity index (χ4n) is 2.33. The van der Waals surface area contributed by atoms with Gasteiger partial charge < -0.3 is 5.73 Å². The highest BCUT2D eigenvalue weighted by molar-refractivity contribution is 7.05. The number of fused-ring (bicyclic) bond motifs is 1. The van der Waals surface area contributed by atoms with Gasteiger partial charge in [0.05, 0.1) is 0 Å². The summed E-state index contributed by atoms with van der Waals surface area (Å²) in [7, 11) is 0. The minimum Gasteiger partial charge on any atom is -0.367 e. The molecule has 2 fully saturated rings. The molecule has 12 heavy (non-hydrogen) atoms. The third kappa shape index (κ3) is 0.941. The first-order valence-electron chi connectivity index (χ1n) is 4.42. The van der Waals surface area contributed by atoms with Crippen LogP contribution in [0.1, 0.15) is 30.2 Å². The zero-order valence-corrected chi connectivity index (χ0v) is 7.55. The van der Waals surface area contributed by atoms with Crippen molar-refractivity contribution in [3.05, 3.63) is 5.01 Å². The molecule has 2 atom stereocenters. The molecule has 2 unspecified atom stereocenters. The molecule has 0 bridgehead atoms. The van der Waals surface area contributed by atoms with E-state index in [0.29, 0.717) is 11.9 Å². The van der Waals surface area contributed by atoms with E-state index in [1.165, 1.54) is 35.8 Å². The van der Waals surface area contributed by atoms with Crippen LogP contribution in [0.3, 0.4) is 0 Å². The van der Waals surface area contributed by atoms with E-state index in [1.54, 1.807) is 0 Å². The van der Waals surface area contributed by atoms with E-state index in [9.17, 15) is 0 Å². The van der Waals surface area contributed by atoms with E-state index in [-0.39, 0.29) is 0 Å². The van der Waals surface area contributed by atoms with E-state index in [0.717, 1.165) is 11.8 Å². The lowest BCUT2D eigenvalue weighted by Crippen LogP contribution is -1.95. The van der Waals surface area contributed by atoms with Gasteiger partial charge in [0.2, 0.25) is 5.95 Å². The number of hydrogen-bond acceptors (Lipinski definition) is 4. The molecule has 0 saturated heterocycles. The Kier molecular flexibility index (Phi) is 1.25. The Balaban J connectivity index is 1.81. The van der Waals surface area contributed by atoms with Crippen LogP contribution in [0.15, 0.2) is 0 Å². The average Bonchev–Trinajstić information content (AvgIpc) is 2.49. The SMILES string of the molecule is Nc1nsc(C2CC3CC3C2)n1. The number of nitrogens with zero attached hydrogens (tertiary/aromatic N) is 2. The lowest BCUT2D eigenvalue weighted by molar-refractivity contribution is 0.621. The number of aromatic nitrogens is 2. The predicted molar refractivity (Wildman–Crippen MR) is 47.9 cm³/mol. The first kappa shape index (κ1) is 6.83. The predicted octanol–water partition coefficient (Wildman–Crippen LogP) is 1.63. The summed E-state index contributed by atoms with van der Waals surface area (Å²) in [5, 5.41) is 1.17. The zero-order valence-electron chi connectivity index (χ0n) is 6.73. The van der Waals surface area contributed by atoms with Gasteiger partial charge >= 0.3 is 0 Å². The highest BCUT2D eigenvalue weighted by Gasteiger charge is 2.47. The Bertz CT molecular complexity index is 299. The van der Waals surface area contributed by atoms with Crippen LogP contribution in [-0.2, 0) is 0 Å². The van der Waals surface area contributed by atoms with E-state index in [4.69, 9.17) is 5.73 Å². The van der Waals surface area contributed by atoms with E-state index < -0.39 is 0 Å². The molecule has 0 aromatic carbocycles. The third-order valence-corrected chi connectivity index (χ3v) is 3.94. The molecule has 64 valence electrons. The first-order valence-corrected chi connectivity index (χ1v) is 5.19. The van der Waals surface area contributed by atoms with Gasteiger partial charge in [-0.1, -0.05) is 0 Å². The summed E-state index contributed by atoms with van der Waals surface area (Å²) >= 11 is 1.48. The standard InChI is InChI=1S/C8H11N3S/c9-8-10-7(12-11-8)6-2-4-1-5(4)3-6/h4-6H,1-3H2,(H2,9,11). The molecule has 3 rings (SSSR count). The lowest BCUT2D eigenvalue weighted by Gasteiger charge is -2.05. The molecule has 3 nitrogen and oxygen atoms in total. The topological polar surface area (TPSA) is 51.8 Å². The quantitative estimate of drug-likeness (QED) is 0.716. The maximum Gasteiger partial charge on any atom is 0.232 e. The van der Waals surface area contributed by atoms with Crippen molar-refractivity contribution in [1.82, 2.24) is 9.36 Å². The van der Waals surface area contributed by atoms with Crippen molar-refractivity contribution in [2.75, 3.05) is 5.73 Å². The van der Waals surface area contributed by atoms with Gasteiger partial charge in [0.15, 0.2) is 0 Å². The Morgan fingerprint density at radius 2 is 2.00 bits per heavy atom. The van der Waals surface area contributed by atoms with Crippen LogP contribution in [-0.4, -0.2) is 9.36 Å². The largest absolute Gasteiger partial charge is 0.367 e. The van der Waals surface area contributed by atoms with Crippen molar-refractivity contribution in [2.24, 2.45) is 11.8 Å². The molecule has 4 heteroatoms. The van der Waals surface area contributed by atoms with Crippen molar-refractivity contribution in [3.8, 4) is 0 Å². The highest BCUT2D eigenvalue weighted by Crippen LogP contribution is 2.57. The van der Waals surface area contributed by atoms with E-state index in [1.807, 2.05) is 0 Å². The summed E-state index contributed by atoms with van der Waals surface area (Å²) < 4.78 is 4.01. The number of nitrogens with two attached hydrogens (primary N) is 1. The molecule has 1 aromatic rings. The molecule has 2 N–H and O–H groups in total. The smallest absolute Gasteiger partial charge is 0.232 e. The minimum absolute atomic E-state index is 0.454. The van der Waals surface area contributed by atoms with Crippen LogP contribution >= 0.6 is 11.5 Å². The molecule has 1 heterocycles. The molecule has 0 radical (unpaired) electrons. The number of rotatable bonds is 1. The summed E-state index contributed by atoms with van der Waals surface area (Å²) in [6, 6.07) is 0. The van der Waals surface area contributed by atoms with Crippen molar-refractivity contribution in [2.45, 2.75) is 25.2 Å². The van der Waals surface area contributed by atoms with Gasteiger partial charge in [0.25, 0.3) is 0 Å². The molecular formula is C8H11N3S. The van der Waals surface area contributed by atoms with Gasteiger partial charge in [0.1, 0.15) is 5.01 Å². The summed E-state index contributed by atoms with van der Waals surface area (Å²) in [5.74, 6) is 3.17. The van der Waals surface area contributed by atoms with Crippen molar-refractivity contribution >= 4 is 17.5 Å². The zero-order chi connectivity index (χ0) is 8.13. The second kappa shape index (κ2) is 2.19. The normalized spacial score (nSPS) is 38.2. The molecule has 1 aromatic heterocycles. The fourth-order valence-corrected chi connectivity index (χ4v) is 3.03. The van der Waals surface area contributed by atoms with E-state index in [2.05, 4.69) is 9.36 Å². The molecular weight excluding hydrogens is 170 g/mol. The van der Waals surface area contributed by atoms with Gasteiger partial charge in [-0.25, -0.2) is 4.98 Å². The number of anilines is 1. The van der Waals surface area contributed by atoms with Crippen LogP contribution < -0.4 is 5.73 Å². The minimum atomic E-state index is 0.454. The van der Waals surface area contributed by atoms with Gasteiger partial charge in [-0.2, -0.15) is 4.37 Å². The van der Waals surface area contributed by atoms with Crippen LogP contribution in [0.4, 0.5) is 5.95 Å². The number of nitrogen functional groups attached to an aromatic ring is 1. The monoisotopic (exact) mass is 181 g/mol. The fraction of sp³-hybridized carbons (Fsp3) is 0.750. The van der Waals surface area contributed by atoms with Crippen LogP contribution in [0, 0.1) is 11.8 Å². The molecule has 0 amide bonds. The summed E-state index contributed by atoms with van der Waals surface area (Å²) in [4.78, 5) is 4.23. The summed E-state index contributed by atoms with van der Waals surface area (Å²) in [5.41, 5.74) is 5.48.